The van der Waals surface area contributed by atoms with Gasteiger partial charge in [-0.05, 0) is 19.1 Å². The summed E-state index contributed by atoms with van der Waals surface area (Å²) < 4.78 is 11.0. The smallest absolute Gasteiger partial charge is 0.187 e. The third-order valence-electron chi connectivity index (χ3n) is 2.69. The minimum Gasteiger partial charge on any atom is -0.493 e. The Labute approximate surface area is 112 Å². The van der Waals surface area contributed by atoms with Gasteiger partial charge in [0, 0.05) is 12.6 Å². The second kappa shape index (κ2) is 6.04. The highest BCUT2D eigenvalue weighted by Crippen LogP contribution is 2.37. The number of aromatic nitrogens is 2. The Morgan fingerprint density at radius 3 is 2.68 bits per heavy atom. The van der Waals surface area contributed by atoms with Gasteiger partial charge in [-0.3, -0.25) is 0 Å². The highest BCUT2D eigenvalue weighted by atomic mass is 16.5. The number of ether oxygens (including phenoxy) is 2. The molecule has 0 fully saturated rings. The Kier molecular flexibility index (Phi) is 4.18. The van der Waals surface area contributed by atoms with Crippen molar-refractivity contribution in [3.8, 4) is 22.8 Å². The van der Waals surface area contributed by atoms with Crippen molar-refractivity contribution in [3.63, 3.8) is 0 Å². The summed E-state index contributed by atoms with van der Waals surface area (Å²) in [5, 5.41) is 2.99. The highest BCUT2D eigenvalue weighted by Gasteiger charge is 2.16. The first-order chi connectivity index (χ1) is 9.31. The average molecular weight is 259 g/mol. The summed E-state index contributed by atoms with van der Waals surface area (Å²) in [7, 11) is 3.40. The van der Waals surface area contributed by atoms with Crippen LogP contribution in [0, 0.1) is 0 Å². The summed E-state index contributed by atoms with van der Waals surface area (Å²) >= 11 is 0. The van der Waals surface area contributed by atoms with Crippen LogP contribution in [0.5, 0.6) is 11.5 Å². The Morgan fingerprint density at radius 1 is 1.21 bits per heavy atom. The molecule has 1 heterocycles. The van der Waals surface area contributed by atoms with Crippen LogP contribution in [0.4, 0.5) is 5.82 Å². The number of nitrogens with one attached hydrogen (secondary N) is 1. The minimum atomic E-state index is 0.600. The van der Waals surface area contributed by atoms with E-state index in [2.05, 4.69) is 15.3 Å². The number of para-hydroxylation sites is 1. The fourth-order valence-corrected chi connectivity index (χ4v) is 1.88. The summed E-state index contributed by atoms with van der Waals surface area (Å²) in [5.41, 5.74) is 1.60. The maximum atomic E-state index is 5.63. The summed E-state index contributed by atoms with van der Waals surface area (Å²) in [6, 6.07) is 7.74. The molecule has 0 aliphatic heterocycles. The second-order valence-electron chi connectivity index (χ2n) is 3.78. The van der Waals surface area contributed by atoms with Crippen LogP contribution in [-0.4, -0.2) is 30.7 Å². The first kappa shape index (κ1) is 13.1. The number of rotatable bonds is 5. The van der Waals surface area contributed by atoms with E-state index in [0.717, 1.165) is 11.3 Å². The quantitative estimate of drug-likeness (QED) is 0.894. The van der Waals surface area contributed by atoms with Crippen LogP contribution in [-0.2, 0) is 0 Å². The van der Waals surface area contributed by atoms with Crippen molar-refractivity contribution in [1.82, 2.24) is 9.97 Å². The molecule has 0 saturated carbocycles. The van der Waals surface area contributed by atoms with E-state index in [1.807, 2.05) is 31.2 Å². The fourth-order valence-electron chi connectivity index (χ4n) is 1.88. The zero-order chi connectivity index (χ0) is 13.7. The van der Waals surface area contributed by atoms with Crippen LogP contribution in [0.15, 0.2) is 30.6 Å². The summed E-state index contributed by atoms with van der Waals surface area (Å²) in [6.45, 7) is 2.55. The van der Waals surface area contributed by atoms with E-state index in [1.54, 1.807) is 14.2 Å². The van der Waals surface area contributed by atoms with Gasteiger partial charge in [0.2, 0.25) is 0 Å². The lowest BCUT2D eigenvalue weighted by Gasteiger charge is -2.14. The first-order valence-electron chi connectivity index (χ1n) is 6.10. The molecule has 0 spiro atoms. The fraction of sp³-hybridized carbons (Fsp3) is 0.286. The van der Waals surface area contributed by atoms with Crippen molar-refractivity contribution in [2.24, 2.45) is 0 Å². The van der Waals surface area contributed by atoms with E-state index in [9.17, 15) is 0 Å². The predicted molar refractivity (Wildman–Crippen MR) is 74.7 cm³/mol. The van der Waals surface area contributed by atoms with Crippen molar-refractivity contribution in [2.45, 2.75) is 6.92 Å². The maximum absolute atomic E-state index is 5.63. The Balaban J connectivity index is 2.58. The zero-order valence-corrected chi connectivity index (χ0v) is 11.3. The lowest BCUT2D eigenvalue weighted by atomic mass is 10.1. The number of anilines is 1. The maximum Gasteiger partial charge on any atom is 0.187 e. The summed E-state index contributed by atoms with van der Waals surface area (Å²) in [4.78, 5) is 8.46. The normalized spacial score (nSPS) is 10.1. The summed E-state index contributed by atoms with van der Waals surface area (Å²) in [5.74, 6) is 2.04. The number of nitrogens with zero attached hydrogens (tertiary/aromatic N) is 2. The van der Waals surface area contributed by atoms with Crippen LogP contribution < -0.4 is 14.8 Å². The molecular formula is C14H17N3O2. The van der Waals surface area contributed by atoms with Crippen LogP contribution in [0.1, 0.15) is 6.92 Å². The molecule has 0 saturated heterocycles. The van der Waals surface area contributed by atoms with Gasteiger partial charge in [-0.15, -0.1) is 0 Å². The molecule has 1 aromatic heterocycles. The van der Waals surface area contributed by atoms with Gasteiger partial charge in [0.15, 0.2) is 11.6 Å². The van der Waals surface area contributed by atoms with Gasteiger partial charge in [-0.2, -0.15) is 0 Å². The third-order valence-corrected chi connectivity index (χ3v) is 2.69. The van der Waals surface area contributed by atoms with Crippen molar-refractivity contribution >= 4 is 5.82 Å². The van der Waals surface area contributed by atoms with Crippen molar-refractivity contribution in [3.05, 3.63) is 30.6 Å². The molecule has 0 bridgehead atoms. The number of benzene rings is 1. The van der Waals surface area contributed by atoms with Gasteiger partial charge in [0.25, 0.3) is 0 Å². The molecule has 2 rings (SSSR count). The zero-order valence-electron chi connectivity index (χ0n) is 11.3. The van der Waals surface area contributed by atoms with E-state index >= 15 is 0 Å². The van der Waals surface area contributed by atoms with Gasteiger partial charge in [0.1, 0.15) is 17.8 Å². The number of hydrogen-bond acceptors (Lipinski definition) is 5. The first-order valence-corrected chi connectivity index (χ1v) is 6.10. The van der Waals surface area contributed by atoms with Gasteiger partial charge >= 0.3 is 0 Å². The monoisotopic (exact) mass is 259 g/mol. The molecule has 0 unspecified atom stereocenters. The molecule has 1 aromatic carbocycles. The molecule has 5 heteroatoms. The molecule has 0 atom stereocenters. The van der Waals surface area contributed by atoms with Crippen molar-refractivity contribution < 1.29 is 9.47 Å². The average Bonchev–Trinajstić information content (AvgIpc) is 2.47. The molecule has 1 N–H and O–H groups in total. The van der Waals surface area contributed by atoms with Gasteiger partial charge < -0.3 is 14.8 Å². The lowest BCUT2D eigenvalue weighted by molar-refractivity contribution is 0.341. The summed E-state index contributed by atoms with van der Waals surface area (Å²) in [6.07, 6.45) is 1.51. The second-order valence-corrected chi connectivity index (χ2v) is 3.78. The predicted octanol–water partition coefficient (Wildman–Crippen LogP) is 2.59. The van der Waals surface area contributed by atoms with Gasteiger partial charge in [-0.1, -0.05) is 12.1 Å². The Bertz CT molecular complexity index is 558. The van der Waals surface area contributed by atoms with Crippen LogP contribution >= 0.6 is 0 Å². The molecule has 0 radical (unpaired) electrons. The van der Waals surface area contributed by atoms with Crippen LogP contribution in [0.3, 0.4) is 0 Å². The molecule has 19 heavy (non-hydrogen) atoms. The minimum absolute atomic E-state index is 0.600. The lowest BCUT2D eigenvalue weighted by Crippen LogP contribution is -2.02. The SMILES string of the molecule is CCOc1ccccc1-c1ncnc(NC)c1OC. The van der Waals surface area contributed by atoms with E-state index in [-0.39, 0.29) is 0 Å². The van der Waals surface area contributed by atoms with E-state index in [4.69, 9.17) is 9.47 Å². The molecule has 0 aliphatic carbocycles. The topological polar surface area (TPSA) is 56.3 Å². The van der Waals surface area contributed by atoms with E-state index < -0.39 is 0 Å². The highest BCUT2D eigenvalue weighted by molar-refractivity contribution is 5.76. The van der Waals surface area contributed by atoms with Gasteiger partial charge in [-0.25, -0.2) is 9.97 Å². The number of hydrogen-bond donors (Lipinski definition) is 1. The van der Waals surface area contributed by atoms with E-state index in [1.165, 1.54) is 6.33 Å². The molecule has 0 aliphatic rings. The Hall–Kier alpha value is -2.30. The molecule has 5 nitrogen and oxygen atoms in total. The molecule has 0 amide bonds. The Morgan fingerprint density at radius 2 is 2.00 bits per heavy atom. The van der Waals surface area contributed by atoms with Crippen LogP contribution in [0.2, 0.25) is 0 Å². The number of methoxy groups -OCH3 is 1. The van der Waals surface area contributed by atoms with Gasteiger partial charge in [0.05, 0.1) is 13.7 Å². The largest absolute Gasteiger partial charge is 0.493 e. The standard InChI is InChI=1S/C14H17N3O2/c1-4-19-11-8-6-5-7-10(11)12-13(18-3)14(15-2)17-9-16-12/h5-9H,4H2,1-3H3,(H,15,16,17). The van der Waals surface area contributed by atoms with Crippen molar-refractivity contribution in [2.75, 3.05) is 26.1 Å². The molecule has 2 aromatic rings. The third kappa shape index (κ3) is 2.59. The molecular weight excluding hydrogens is 242 g/mol. The van der Waals surface area contributed by atoms with E-state index in [0.29, 0.717) is 23.9 Å². The van der Waals surface area contributed by atoms with Crippen molar-refractivity contribution in [1.29, 1.82) is 0 Å². The molecule has 100 valence electrons. The van der Waals surface area contributed by atoms with Crippen LogP contribution in [0.25, 0.3) is 11.3 Å².